The number of aromatic carboxylic acids is 1. The van der Waals surface area contributed by atoms with Crippen LogP contribution >= 0.6 is 0 Å². The number of benzene rings is 2. The van der Waals surface area contributed by atoms with E-state index in [1.54, 1.807) is 30.3 Å². The summed E-state index contributed by atoms with van der Waals surface area (Å²) >= 11 is 0. The number of allylic oxidation sites excluding steroid dienone is 1. The molecule has 0 radical (unpaired) electrons. The second-order valence-electron chi connectivity index (χ2n) is 6.61. The number of nitriles is 1. The highest BCUT2D eigenvalue weighted by Crippen LogP contribution is 2.46. The van der Waals surface area contributed by atoms with Crippen molar-refractivity contribution in [1.29, 1.82) is 5.26 Å². The lowest BCUT2D eigenvalue weighted by atomic mass is 9.61. The van der Waals surface area contributed by atoms with Gasteiger partial charge in [-0.05, 0) is 37.0 Å². The van der Waals surface area contributed by atoms with Gasteiger partial charge in [0.25, 0.3) is 0 Å². The van der Waals surface area contributed by atoms with Gasteiger partial charge in [-0.3, -0.25) is 0 Å². The van der Waals surface area contributed by atoms with Gasteiger partial charge in [0.15, 0.2) is 0 Å². The number of hydrogen-bond donors (Lipinski definition) is 1. The molecule has 0 bridgehead atoms. The van der Waals surface area contributed by atoms with Crippen LogP contribution in [0.15, 0.2) is 73.3 Å². The van der Waals surface area contributed by atoms with Gasteiger partial charge >= 0.3 is 5.97 Å². The largest absolute Gasteiger partial charge is 0.478 e. The molecule has 2 aromatic rings. The lowest BCUT2D eigenvalue weighted by molar-refractivity contribution is 0.0697. The molecule has 1 aliphatic rings. The van der Waals surface area contributed by atoms with E-state index in [0.29, 0.717) is 5.56 Å². The molecule has 0 aromatic heterocycles. The molecule has 0 aliphatic heterocycles. The van der Waals surface area contributed by atoms with Crippen LogP contribution in [0.3, 0.4) is 0 Å². The van der Waals surface area contributed by atoms with Gasteiger partial charge in [0, 0.05) is 5.41 Å². The molecule has 2 aromatic carbocycles. The van der Waals surface area contributed by atoms with Gasteiger partial charge in [0.1, 0.15) is 0 Å². The second kappa shape index (κ2) is 9.58. The van der Waals surface area contributed by atoms with Crippen LogP contribution in [0.1, 0.15) is 48.0 Å². The lowest BCUT2D eigenvalue weighted by Crippen LogP contribution is -2.37. The van der Waals surface area contributed by atoms with Crippen molar-refractivity contribution in [2.75, 3.05) is 0 Å². The van der Waals surface area contributed by atoms with Gasteiger partial charge in [-0.15, -0.1) is 6.58 Å². The Labute approximate surface area is 155 Å². The number of rotatable bonds is 4. The Kier molecular flexibility index (Phi) is 7.17. The Bertz CT molecular complexity index is 749. The van der Waals surface area contributed by atoms with Crippen LogP contribution in [-0.4, -0.2) is 11.1 Å². The predicted octanol–water partition coefficient (Wildman–Crippen LogP) is 5.60. The molecule has 2 atom stereocenters. The number of nitrogens with zero attached hydrogens (tertiary/aromatic N) is 1. The van der Waals surface area contributed by atoms with E-state index in [1.165, 1.54) is 18.4 Å². The molecule has 1 fully saturated rings. The average Bonchev–Trinajstić information content (AvgIpc) is 2.70. The van der Waals surface area contributed by atoms with Crippen molar-refractivity contribution in [2.24, 2.45) is 5.92 Å². The molecule has 2 unspecified atom stereocenters. The normalized spacial score (nSPS) is 21.6. The summed E-state index contributed by atoms with van der Waals surface area (Å²) in [4.78, 5) is 10.2. The van der Waals surface area contributed by atoms with Crippen molar-refractivity contribution in [3.63, 3.8) is 0 Å². The van der Waals surface area contributed by atoms with E-state index in [2.05, 4.69) is 36.9 Å². The maximum absolute atomic E-state index is 10.2. The van der Waals surface area contributed by atoms with Gasteiger partial charge in [0.2, 0.25) is 0 Å². The summed E-state index contributed by atoms with van der Waals surface area (Å²) in [6.45, 7) is 3.88. The van der Waals surface area contributed by atoms with Crippen molar-refractivity contribution in [3.8, 4) is 6.07 Å². The average molecular weight is 347 g/mol. The van der Waals surface area contributed by atoms with Crippen molar-refractivity contribution in [3.05, 3.63) is 84.4 Å². The minimum Gasteiger partial charge on any atom is -0.478 e. The van der Waals surface area contributed by atoms with Gasteiger partial charge in [0.05, 0.1) is 17.6 Å². The third-order valence-electron chi connectivity index (χ3n) is 5.07. The molecule has 1 saturated carbocycles. The minimum atomic E-state index is -0.879. The number of carboxylic acids is 1. The van der Waals surface area contributed by atoms with Crippen molar-refractivity contribution in [1.82, 2.24) is 0 Å². The quantitative estimate of drug-likeness (QED) is 0.732. The fourth-order valence-corrected chi connectivity index (χ4v) is 3.74. The topological polar surface area (TPSA) is 61.1 Å². The summed E-state index contributed by atoms with van der Waals surface area (Å²) in [5.74, 6) is -0.743. The molecule has 134 valence electrons. The summed E-state index contributed by atoms with van der Waals surface area (Å²) in [7, 11) is 0. The maximum Gasteiger partial charge on any atom is 0.335 e. The lowest BCUT2D eigenvalue weighted by Gasteiger charge is -2.41. The van der Waals surface area contributed by atoms with Crippen molar-refractivity contribution in [2.45, 2.75) is 37.5 Å². The Morgan fingerprint density at radius 2 is 1.77 bits per heavy atom. The highest BCUT2D eigenvalue weighted by Gasteiger charge is 2.41. The SMILES string of the molecule is C=CCC1(c2ccccc2)CCCCC1C#N.O=C(O)c1ccccc1. The Balaban J connectivity index is 0.000000228. The van der Waals surface area contributed by atoms with Gasteiger partial charge < -0.3 is 5.11 Å². The summed E-state index contributed by atoms with van der Waals surface area (Å²) in [5.41, 5.74) is 1.65. The number of carbonyl (C=O) groups is 1. The predicted molar refractivity (Wildman–Crippen MR) is 104 cm³/mol. The minimum absolute atomic E-state index is 0.00993. The first-order valence-electron chi connectivity index (χ1n) is 8.98. The van der Waals surface area contributed by atoms with Crippen molar-refractivity contribution < 1.29 is 9.90 Å². The smallest absolute Gasteiger partial charge is 0.335 e. The third kappa shape index (κ3) is 4.61. The van der Waals surface area contributed by atoms with Gasteiger partial charge in [-0.25, -0.2) is 4.79 Å². The summed E-state index contributed by atoms with van der Waals surface area (Å²) < 4.78 is 0. The first kappa shape index (κ1) is 19.5. The van der Waals surface area contributed by atoms with E-state index in [-0.39, 0.29) is 11.3 Å². The van der Waals surface area contributed by atoms with E-state index >= 15 is 0 Å². The van der Waals surface area contributed by atoms with E-state index < -0.39 is 5.97 Å². The summed E-state index contributed by atoms with van der Waals surface area (Å²) in [6.07, 6.45) is 7.43. The zero-order valence-corrected chi connectivity index (χ0v) is 15.0. The molecule has 0 saturated heterocycles. The fourth-order valence-electron chi connectivity index (χ4n) is 3.74. The highest BCUT2D eigenvalue weighted by atomic mass is 16.4. The maximum atomic E-state index is 10.2. The molecule has 26 heavy (non-hydrogen) atoms. The Morgan fingerprint density at radius 3 is 2.27 bits per heavy atom. The third-order valence-corrected chi connectivity index (χ3v) is 5.07. The summed E-state index contributed by atoms with van der Waals surface area (Å²) in [6, 6.07) is 21.3. The van der Waals surface area contributed by atoms with Crippen LogP contribution in [0.2, 0.25) is 0 Å². The monoisotopic (exact) mass is 347 g/mol. The van der Waals surface area contributed by atoms with Crippen LogP contribution in [-0.2, 0) is 5.41 Å². The fraction of sp³-hybridized carbons (Fsp3) is 0.304. The van der Waals surface area contributed by atoms with Crippen LogP contribution in [0.5, 0.6) is 0 Å². The molecule has 3 nitrogen and oxygen atoms in total. The molecule has 0 spiro atoms. The Hall–Kier alpha value is -2.86. The Morgan fingerprint density at radius 1 is 1.15 bits per heavy atom. The highest BCUT2D eigenvalue weighted by molar-refractivity contribution is 5.87. The van der Waals surface area contributed by atoms with Crippen LogP contribution in [0.25, 0.3) is 0 Å². The van der Waals surface area contributed by atoms with E-state index in [4.69, 9.17) is 5.11 Å². The van der Waals surface area contributed by atoms with Crippen LogP contribution < -0.4 is 0 Å². The molecule has 3 heteroatoms. The number of carboxylic acid groups (broad SMARTS) is 1. The van der Waals surface area contributed by atoms with Crippen LogP contribution in [0, 0.1) is 17.2 Å². The second-order valence-corrected chi connectivity index (χ2v) is 6.61. The zero-order valence-electron chi connectivity index (χ0n) is 15.0. The molecule has 0 amide bonds. The molecule has 1 aliphatic carbocycles. The summed E-state index contributed by atoms with van der Waals surface area (Å²) in [5, 5.41) is 17.8. The van der Waals surface area contributed by atoms with E-state index in [0.717, 1.165) is 19.3 Å². The first-order chi connectivity index (χ1) is 12.6. The zero-order chi connectivity index (χ0) is 18.8. The molecule has 0 heterocycles. The van der Waals surface area contributed by atoms with E-state index in [9.17, 15) is 10.1 Å². The first-order valence-corrected chi connectivity index (χ1v) is 8.98. The molecular weight excluding hydrogens is 322 g/mol. The van der Waals surface area contributed by atoms with Gasteiger partial charge in [-0.1, -0.05) is 67.4 Å². The standard InChI is InChI=1S/C16H19N.C7H6O2/c1-2-11-16(14-8-4-3-5-9-14)12-7-6-10-15(16)13-17;8-7(9)6-4-2-1-3-5-6/h2-5,8-9,15H,1,6-7,10-12H2;1-5H,(H,8,9). The van der Waals surface area contributed by atoms with Gasteiger partial charge in [-0.2, -0.15) is 5.26 Å². The molecule has 1 N–H and O–H groups in total. The number of hydrogen-bond acceptors (Lipinski definition) is 2. The molecule has 3 rings (SSSR count). The van der Waals surface area contributed by atoms with Crippen LogP contribution in [0.4, 0.5) is 0 Å². The van der Waals surface area contributed by atoms with Crippen molar-refractivity contribution >= 4 is 5.97 Å². The molecular formula is C23H25NO2. The van der Waals surface area contributed by atoms with E-state index in [1.807, 2.05) is 12.1 Å².